The van der Waals surface area contributed by atoms with Crippen LogP contribution in [0.3, 0.4) is 0 Å². The van der Waals surface area contributed by atoms with Crippen molar-refractivity contribution in [3.8, 4) is 0 Å². The van der Waals surface area contributed by atoms with Gasteiger partial charge in [0.1, 0.15) is 0 Å². The summed E-state index contributed by atoms with van der Waals surface area (Å²) in [7, 11) is 0. The summed E-state index contributed by atoms with van der Waals surface area (Å²) in [5.74, 6) is -1.37. The fraction of sp³-hybridized carbons (Fsp3) is 0.0870. The summed E-state index contributed by atoms with van der Waals surface area (Å²) < 4.78 is 0. The van der Waals surface area contributed by atoms with Crippen molar-refractivity contribution in [2.75, 3.05) is 11.9 Å². The van der Waals surface area contributed by atoms with Crippen LogP contribution in [0.1, 0.15) is 36.6 Å². The van der Waals surface area contributed by atoms with E-state index in [9.17, 15) is 24.5 Å². The second-order valence-electron chi connectivity index (χ2n) is 7.02. The van der Waals surface area contributed by atoms with E-state index in [2.05, 4.69) is 5.32 Å². The van der Waals surface area contributed by atoms with E-state index in [1.165, 1.54) is 47.4 Å². The lowest BCUT2D eigenvalue weighted by Gasteiger charge is -2.13. The van der Waals surface area contributed by atoms with Crippen molar-refractivity contribution in [3.63, 3.8) is 0 Å². The van der Waals surface area contributed by atoms with Crippen molar-refractivity contribution in [2.24, 2.45) is 0 Å². The van der Waals surface area contributed by atoms with Crippen LogP contribution in [0.4, 0.5) is 11.4 Å². The number of nitro benzene ring substituents is 1. The first-order valence-electron chi connectivity index (χ1n) is 9.54. The monoisotopic (exact) mass is 415 g/mol. The van der Waals surface area contributed by atoms with Crippen LogP contribution in [-0.4, -0.2) is 34.1 Å². The molecule has 154 valence electrons. The molecule has 0 radical (unpaired) electrons. The predicted octanol–water partition coefficient (Wildman–Crippen LogP) is 3.69. The van der Waals surface area contributed by atoms with Crippen LogP contribution >= 0.6 is 0 Å². The highest BCUT2D eigenvalue weighted by Gasteiger charge is 2.35. The third-order valence-electron chi connectivity index (χ3n) is 5.01. The van der Waals surface area contributed by atoms with Crippen LogP contribution in [-0.2, 0) is 6.42 Å². The second kappa shape index (κ2) is 8.19. The summed E-state index contributed by atoms with van der Waals surface area (Å²) in [4.78, 5) is 49.5. The van der Waals surface area contributed by atoms with Gasteiger partial charge in [-0.2, -0.15) is 0 Å². The molecule has 8 heteroatoms. The van der Waals surface area contributed by atoms with Gasteiger partial charge in [-0.25, -0.2) is 0 Å². The Hall–Kier alpha value is -4.33. The molecule has 8 nitrogen and oxygen atoms in total. The average Bonchev–Trinajstić information content (AvgIpc) is 3.02. The van der Waals surface area contributed by atoms with Crippen LogP contribution in [0, 0.1) is 10.1 Å². The number of carbonyl (C=O) groups excluding carboxylic acids is 3. The lowest BCUT2D eigenvalue weighted by atomic mass is 10.1. The molecule has 0 spiro atoms. The maximum absolute atomic E-state index is 12.8. The van der Waals surface area contributed by atoms with Crippen LogP contribution in [0.15, 0.2) is 72.8 Å². The van der Waals surface area contributed by atoms with Crippen molar-refractivity contribution < 1.29 is 19.3 Å². The van der Waals surface area contributed by atoms with E-state index in [0.717, 1.165) is 5.56 Å². The molecule has 3 aromatic carbocycles. The molecule has 0 saturated carbocycles. The van der Waals surface area contributed by atoms with E-state index >= 15 is 0 Å². The fourth-order valence-electron chi connectivity index (χ4n) is 3.42. The number of anilines is 1. The summed E-state index contributed by atoms with van der Waals surface area (Å²) in [6.07, 6.45) is 0.534. The van der Waals surface area contributed by atoms with Gasteiger partial charge in [0.2, 0.25) is 0 Å². The van der Waals surface area contributed by atoms with E-state index in [-0.39, 0.29) is 40.5 Å². The molecule has 0 unspecified atom stereocenters. The number of nitro groups is 1. The summed E-state index contributed by atoms with van der Waals surface area (Å²) in [5, 5.41) is 13.5. The molecule has 1 N–H and O–H groups in total. The van der Waals surface area contributed by atoms with Gasteiger partial charge in [0, 0.05) is 29.9 Å². The molecular weight excluding hydrogens is 398 g/mol. The van der Waals surface area contributed by atoms with E-state index in [0.29, 0.717) is 6.42 Å². The van der Waals surface area contributed by atoms with E-state index in [1.807, 2.05) is 30.3 Å². The minimum Gasteiger partial charge on any atom is -0.322 e. The first kappa shape index (κ1) is 20.0. The zero-order valence-corrected chi connectivity index (χ0v) is 16.3. The quantitative estimate of drug-likeness (QED) is 0.375. The van der Waals surface area contributed by atoms with Crippen LogP contribution in [0.2, 0.25) is 0 Å². The molecule has 0 bridgehead atoms. The van der Waals surface area contributed by atoms with Gasteiger partial charge in [-0.05, 0) is 36.2 Å². The van der Waals surface area contributed by atoms with Gasteiger partial charge in [0.25, 0.3) is 23.4 Å². The maximum Gasteiger partial charge on any atom is 0.271 e. The number of imide groups is 1. The molecule has 0 fully saturated rings. The highest BCUT2D eigenvalue weighted by molar-refractivity contribution is 6.22. The molecule has 3 aromatic rings. The number of carbonyl (C=O) groups is 3. The Morgan fingerprint density at radius 1 is 0.903 bits per heavy atom. The third kappa shape index (κ3) is 4.04. The number of non-ortho nitro benzene ring substituents is 1. The Bertz CT molecular complexity index is 1210. The Balaban J connectivity index is 1.50. The largest absolute Gasteiger partial charge is 0.322 e. The van der Waals surface area contributed by atoms with E-state index in [1.54, 1.807) is 0 Å². The fourth-order valence-corrected chi connectivity index (χ4v) is 3.42. The Labute approximate surface area is 177 Å². The number of fused-ring (bicyclic) bond motifs is 1. The zero-order chi connectivity index (χ0) is 22.0. The lowest BCUT2D eigenvalue weighted by Crippen LogP contribution is -2.31. The molecule has 1 heterocycles. The van der Waals surface area contributed by atoms with E-state index < -0.39 is 16.7 Å². The van der Waals surface area contributed by atoms with Crippen LogP contribution < -0.4 is 5.32 Å². The third-order valence-corrected chi connectivity index (χ3v) is 5.01. The topological polar surface area (TPSA) is 110 Å². The molecule has 1 aliphatic rings. The Morgan fingerprint density at radius 3 is 2.39 bits per heavy atom. The van der Waals surface area contributed by atoms with Crippen molar-refractivity contribution in [3.05, 3.63) is 105 Å². The van der Waals surface area contributed by atoms with Crippen LogP contribution in [0.5, 0.6) is 0 Å². The number of benzene rings is 3. The minimum atomic E-state index is -0.556. The van der Waals surface area contributed by atoms with Gasteiger partial charge in [-0.1, -0.05) is 36.4 Å². The summed E-state index contributed by atoms with van der Waals surface area (Å²) in [6.45, 7) is 0.242. The molecule has 0 atom stereocenters. The molecule has 31 heavy (non-hydrogen) atoms. The highest BCUT2D eigenvalue weighted by Crippen LogP contribution is 2.25. The lowest BCUT2D eigenvalue weighted by molar-refractivity contribution is -0.384. The molecule has 0 saturated heterocycles. The SMILES string of the molecule is O=C(Nc1cccc([N+](=O)[O-])c1)c1ccc2c(c1)C(=O)N(CCc1ccccc1)C2=O. The molecule has 0 aromatic heterocycles. The normalized spacial score (nSPS) is 12.6. The maximum atomic E-state index is 12.8. The van der Waals surface area contributed by atoms with Crippen molar-refractivity contribution >= 4 is 29.1 Å². The molecule has 1 aliphatic heterocycles. The van der Waals surface area contributed by atoms with Gasteiger partial charge in [0.15, 0.2) is 0 Å². The van der Waals surface area contributed by atoms with Crippen molar-refractivity contribution in [2.45, 2.75) is 6.42 Å². The molecule has 3 amide bonds. The number of amides is 3. The summed E-state index contributed by atoms with van der Waals surface area (Å²) in [5.41, 5.74) is 1.72. The molecular formula is C23H17N3O5. The predicted molar refractivity (Wildman–Crippen MR) is 113 cm³/mol. The van der Waals surface area contributed by atoms with Gasteiger partial charge in [-0.15, -0.1) is 0 Å². The van der Waals surface area contributed by atoms with Gasteiger partial charge >= 0.3 is 0 Å². The number of hydrogen-bond donors (Lipinski definition) is 1. The van der Waals surface area contributed by atoms with Gasteiger partial charge < -0.3 is 5.32 Å². The number of hydrogen-bond acceptors (Lipinski definition) is 5. The number of nitrogens with zero attached hydrogens (tertiary/aromatic N) is 2. The summed E-state index contributed by atoms with van der Waals surface area (Å²) in [6, 6.07) is 19.4. The number of rotatable bonds is 6. The van der Waals surface area contributed by atoms with Crippen molar-refractivity contribution in [1.29, 1.82) is 0 Å². The Morgan fingerprint density at radius 2 is 1.65 bits per heavy atom. The standard InChI is InChI=1S/C23H17N3O5/c27-21(24-17-7-4-8-18(14-17)26(30)31)16-9-10-19-20(13-16)23(29)25(22(19)28)12-11-15-5-2-1-3-6-15/h1-10,13-14H,11-12H2,(H,24,27). The zero-order valence-electron chi connectivity index (χ0n) is 16.3. The Kier molecular flexibility index (Phi) is 5.28. The first-order chi connectivity index (χ1) is 14.9. The average molecular weight is 415 g/mol. The first-order valence-corrected chi connectivity index (χ1v) is 9.54. The summed E-state index contributed by atoms with van der Waals surface area (Å²) >= 11 is 0. The number of nitrogens with one attached hydrogen (secondary N) is 1. The van der Waals surface area contributed by atoms with E-state index in [4.69, 9.17) is 0 Å². The van der Waals surface area contributed by atoms with Crippen LogP contribution in [0.25, 0.3) is 0 Å². The minimum absolute atomic E-state index is 0.151. The smallest absolute Gasteiger partial charge is 0.271 e. The second-order valence-corrected chi connectivity index (χ2v) is 7.02. The van der Waals surface area contributed by atoms with Gasteiger partial charge in [-0.3, -0.25) is 29.4 Å². The molecule has 0 aliphatic carbocycles. The highest BCUT2D eigenvalue weighted by atomic mass is 16.6. The van der Waals surface area contributed by atoms with Gasteiger partial charge in [0.05, 0.1) is 16.1 Å². The molecule has 4 rings (SSSR count). The van der Waals surface area contributed by atoms with Crippen molar-refractivity contribution in [1.82, 2.24) is 4.90 Å².